The number of halogens is 4. The van der Waals surface area contributed by atoms with Gasteiger partial charge in [-0.2, -0.15) is 0 Å². The molecule has 0 bridgehead atoms. The molecule has 0 fully saturated rings. The lowest BCUT2D eigenvalue weighted by atomic mass is 10.2. The number of phenolic OH excluding ortho intramolecular Hbond substituents is 1. The zero-order valence-electron chi connectivity index (χ0n) is 13.6. The Morgan fingerprint density at radius 1 is 1.12 bits per heavy atom. The fourth-order valence-corrected chi connectivity index (χ4v) is 2.42. The topological polar surface area (TPSA) is 60.3 Å². The fraction of sp³-hybridized carbons (Fsp3) is 0.438. The Hall–Kier alpha value is -1.01. The van der Waals surface area contributed by atoms with Gasteiger partial charge in [0.2, 0.25) is 5.90 Å². The molecule has 0 saturated heterocycles. The van der Waals surface area contributed by atoms with Crippen molar-refractivity contribution in [3.63, 3.8) is 0 Å². The van der Waals surface area contributed by atoms with E-state index in [4.69, 9.17) is 60.7 Å². The average molecular weight is 431 g/mol. The Balaban J connectivity index is 2.13. The number of rotatable bonds is 10. The Kier molecular flexibility index (Phi) is 10.9. The zero-order valence-corrected chi connectivity index (χ0v) is 16.6. The summed E-state index contributed by atoms with van der Waals surface area (Å²) in [5.41, 5.74) is 0. The van der Waals surface area contributed by atoms with E-state index in [1.165, 1.54) is 18.2 Å². The SMILES string of the molecule is CC(=NOCC=C(Cl)Cl)OCCCCCOc1c(Cl)cc(O)cc1Cl. The standard InChI is InChI=1S/C16H19Cl4NO4/c1-11(21-25-8-5-15(19)20)23-6-3-2-4-7-24-16-13(17)9-12(22)10-14(16)18/h5,9-10,22H,2-4,6-8H2,1H3. The minimum absolute atomic E-state index is 0.00212. The number of benzene rings is 1. The van der Waals surface area contributed by atoms with Gasteiger partial charge in [0.15, 0.2) is 5.75 Å². The highest BCUT2D eigenvalue weighted by Crippen LogP contribution is 2.36. The summed E-state index contributed by atoms with van der Waals surface area (Å²) in [6, 6.07) is 2.77. The van der Waals surface area contributed by atoms with E-state index in [1.807, 2.05) is 0 Å². The molecule has 0 aliphatic heterocycles. The Labute approximate surface area is 167 Å². The quantitative estimate of drug-likeness (QED) is 0.216. The number of phenols is 1. The molecule has 1 aromatic rings. The van der Waals surface area contributed by atoms with Gasteiger partial charge in [0, 0.05) is 19.1 Å². The van der Waals surface area contributed by atoms with Crippen molar-refractivity contribution >= 4 is 52.3 Å². The van der Waals surface area contributed by atoms with Gasteiger partial charge in [-0.3, -0.25) is 0 Å². The highest BCUT2D eigenvalue weighted by atomic mass is 35.5. The van der Waals surface area contributed by atoms with E-state index < -0.39 is 0 Å². The zero-order chi connectivity index (χ0) is 18.7. The molecule has 1 aromatic carbocycles. The normalized spacial score (nSPS) is 11.2. The van der Waals surface area contributed by atoms with E-state index in [2.05, 4.69) is 5.16 Å². The largest absolute Gasteiger partial charge is 0.508 e. The number of hydrogen-bond donors (Lipinski definition) is 1. The maximum atomic E-state index is 9.35. The van der Waals surface area contributed by atoms with Gasteiger partial charge in [0.05, 0.1) is 23.3 Å². The van der Waals surface area contributed by atoms with Gasteiger partial charge in [-0.15, -0.1) is 0 Å². The van der Waals surface area contributed by atoms with Crippen LogP contribution in [-0.4, -0.2) is 30.8 Å². The molecule has 0 saturated carbocycles. The molecule has 140 valence electrons. The van der Waals surface area contributed by atoms with Gasteiger partial charge in [0.1, 0.15) is 16.8 Å². The minimum atomic E-state index is 0.00212. The van der Waals surface area contributed by atoms with Crippen LogP contribution < -0.4 is 4.74 Å². The lowest BCUT2D eigenvalue weighted by Gasteiger charge is -2.10. The molecule has 5 nitrogen and oxygen atoms in total. The van der Waals surface area contributed by atoms with E-state index in [-0.39, 0.29) is 26.9 Å². The van der Waals surface area contributed by atoms with E-state index in [0.29, 0.717) is 24.9 Å². The van der Waals surface area contributed by atoms with Crippen LogP contribution in [0.15, 0.2) is 27.9 Å². The molecular weight excluding hydrogens is 412 g/mol. The van der Waals surface area contributed by atoms with E-state index in [0.717, 1.165) is 19.3 Å². The summed E-state index contributed by atoms with van der Waals surface area (Å²) in [5.74, 6) is 0.809. The maximum Gasteiger partial charge on any atom is 0.222 e. The summed E-state index contributed by atoms with van der Waals surface area (Å²) in [6.45, 7) is 2.87. The molecule has 0 heterocycles. The summed E-state index contributed by atoms with van der Waals surface area (Å²) in [6.07, 6.45) is 4.02. The highest BCUT2D eigenvalue weighted by molar-refractivity contribution is 6.55. The van der Waals surface area contributed by atoms with Crippen molar-refractivity contribution < 1.29 is 19.4 Å². The minimum Gasteiger partial charge on any atom is -0.508 e. The van der Waals surface area contributed by atoms with Crippen LogP contribution >= 0.6 is 46.4 Å². The van der Waals surface area contributed by atoms with Crippen molar-refractivity contribution in [3.05, 3.63) is 32.7 Å². The maximum absolute atomic E-state index is 9.35. The van der Waals surface area contributed by atoms with Crippen LogP contribution in [0.5, 0.6) is 11.5 Å². The predicted octanol–water partition coefficient (Wildman–Crippen LogP) is 5.93. The van der Waals surface area contributed by atoms with E-state index >= 15 is 0 Å². The molecule has 0 unspecified atom stereocenters. The van der Waals surface area contributed by atoms with Crippen LogP contribution in [0.25, 0.3) is 0 Å². The smallest absolute Gasteiger partial charge is 0.222 e. The van der Waals surface area contributed by atoms with Crippen LogP contribution in [-0.2, 0) is 9.57 Å². The van der Waals surface area contributed by atoms with Crippen LogP contribution in [0.1, 0.15) is 26.2 Å². The number of aromatic hydroxyl groups is 1. The van der Waals surface area contributed by atoms with Crippen LogP contribution in [0, 0.1) is 0 Å². The molecule has 1 rings (SSSR count). The first-order chi connectivity index (χ1) is 11.9. The summed E-state index contributed by atoms with van der Waals surface area (Å²) < 4.78 is 11.1. The number of hydrogen-bond acceptors (Lipinski definition) is 5. The second-order valence-electron chi connectivity index (χ2n) is 4.90. The lowest BCUT2D eigenvalue weighted by molar-refractivity contribution is 0.157. The molecule has 0 aromatic heterocycles. The van der Waals surface area contributed by atoms with Crippen LogP contribution in [0.2, 0.25) is 10.0 Å². The molecule has 9 heteroatoms. The number of ether oxygens (including phenoxy) is 2. The number of nitrogens with zero attached hydrogens (tertiary/aromatic N) is 1. The molecule has 0 amide bonds. The lowest BCUT2D eigenvalue weighted by Crippen LogP contribution is -2.04. The first-order valence-corrected chi connectivity index (χ1v) is 9.02. The molecule has 25 heavy (non-hydrogen) atoms. The molecule has 0 atom stereocenters. The van der Waals surface area contributed by atoms with Gasteiger partial charge in [0.25, 0.3) is 0 Å². The fourth-order valence-electron chi connectivity index (χ4n) is 1.71. The van der Waals surface area contributed by atoms with Crippen molar-refractivity contribution in [1.82, 2.24) is 0 Å². The van der Waals surface area contributed by atoms with Gasteiger partial charge in [-0.1, -0.05) is 51.6 Å². The summed E-state index contributed by atoms with van der Waals surface area (Å²) in [7, 11) is 0. The first kappa shape index (κ1) is 22.0. The third-order valence-corrected chi connectivity index (χ3v) is 3.70. The molecule has 1 N–H and O–H groups in total. The Morgan fingerprint density at radius 3 is 2.40 bits per heavy atom. The van der Waals surface area contributed by atoms with Crippen molar-refractivity contribution in [3.8, 4) is 11.5 Å². The van der Waals surface area contributed by atoms with Crippen LogP contribution in [0.3, 0.4) is 0 Å². The average Bonchev–Trinajstić information content (AvgIpc) is 2.52. The van der Waals surface area contributed by atoms with E-state index in [9.17, 15) is 5.11 Å². The molecule has 0 spiro atoms. The molecular formula is C16H19Cl4NO4. The molecule has 0 aliphatic carbocycles. The summed E-state index contributed by atoms with van der Waals surface area (Å²) in [4.78, 5) is 4.94. The summed E-state index contributed by atoms with van der Waals surface area (Å²) >= 11 is 22.8. The predicted molar refractivity (Wildman–Crippen MR) is 102 cm³/mol. The highest BCUT2D eigenvalue weighted by Gasteiger charge is 2.09. The van der Waals surface area contributed by atoms with Crippen molar-refractivity contribution in [1.29, 1.82) is 0 Å². The molecule has 0 radical (unpaired) electrons. The van der Waals surface area contributed by atoms with Gasteiger partial charge in [-0.25, -0.2) is 0 Å². The number of unbranched alkanes of at least 4 members (excludes halogenated alkanes) is 2. The van der Waals surface area contributed by atoms with Crippen molar-refractivity contribution in [2.45, 2.75) is 26.2 Å². The molecule has 0 aliphatic rings. The van der Waals surface area contributed by atoms with Gasteiger partial charge in [-0.05, 0) is 25.3 Å². The summed E-state index contributed by atoms with van der Waals surface area (Å²) in [5, 5.41) is 13.7. The van der Waals surface area contributed by atoms with Crippen LogP contribution in [0.4, 0.5) is 0 Å². The monoisotopic (exact) mass is 429 g/mol. The second-order valence-corrected chi connectivity index (χ2v) is 6.72. The Bertz CT molecular complexity index is 581. The second kappa shape index (κ2) is 12.4. The van der Waals surface area contributed by atoms with Crippen molar-refractivity contribution in [2.24, 2.45) is 5.16 Å². The Morgan fingerprint density at radius 2 is 1.76 bits per heavy atom. The third kappa shape index (κ3) is 9.90. The van der Waals surface area contributed by atoms with Gasteiger partial charge < -0.3 is 19.4 Å². The number of oxime groups is 1. The van der Waals surface area contributed by atoms with Gasteiger partial charge >= 0.3 is 0 Å². The van der Waals surface area contributed by atoms with Crippen molar-refractivity contribution in [2.75, 3.05) is 19.8 Å². The van der Waals surface area contributed by atoms with E-state index in [1.54, 1.807) is 6.92 Å². The first-order valence-electron chi connectivity index (χ1n) is 7.51. The third-order valence-electron chi connectivity index (χ3n) is 2.83.